The molecule has 1 N–H and O–H groups in total. The highest BCUT2D eigenvalue weighted by molar-refractivity contribution is 4.78. The number of hydrogen-bond acceptors (Lipinski definition) is 3. The largest absolute Gasteiger partial charge is 0.381 e. The first-order chi connectivity index (χ1) is 8.47. The first-order valence-electron chi connectivity index (χ1n) is 5.96. The van der Waals surface area contributed by atoms with Crippen molar-refractivity contribution in [1.29, 1.82) is 0 Å². The molecule has 1 heterocycles. The summed E-state index contributed by atoms with van der Waals surface area (Å²) in [5.74, 6) is -3.81. The molecule has 1 atom stereocenters. The van der Waals surface area contributed by atoms with Crippen molar-refractivity contribution in [3.63, 3.8) is 0 Å². The van der Waals surface area contributed by atoms with E-state index < -0.39 is 19.0 Å². The maximum Gasteiger partial charge on any atom is 0.330 e. The topological polar surface area (TPSA) is 30.5 Å². The zero-order valence-electron chi connectivity index (χ0n) is 10.3. The molecule has 0 amide bonds. The highest BCUT2D eigenvalue weighted by Crippen LogP contribution is 2.24. The number of ether oxygens (including phenoxy) is 2. The van der Waals surface area contributed by atoms with Gasteiger partial charge in [-0.05, 0) is 25.8 Å². The Kier molecular flexibility index (Phi) is 6.31. The van der Waals surface area contributed by atoms with E-state index >= 15 is 0 Å². The van der Waals surface area contributed by atoms with E-state index in [4.69, 9.17) is 9.47 Å². The minimum atomic E-state index is -4.08. The van der Waals surface area contributed by atoms with Crippen molar-refractivity contribution in [2.24, 2.45) is 5.92 Å². The lowest BCUT2D eigenvalue weighted by Crippen LogP contribution is -2.42. The van der Waals surface area contributed by atoms with Crippen LogP contribution in [0.4, 0.5) is 17.6 Å². The maximum atomic E-state index is 12.6. The Morgan fingerprint density at radius 3 is 2.44 bits per heavy atom. The van der Waals surface area contributed by atoms with Gasteiger partial charge in [-0.25, -0.2) is 8.78 Å². The van der Waals surface area contributed by atoms with E-state index in [0.29, 0.717) is 13.2 Å². The van der Waals surface area contributed by atoms with Crippen LogP contribution in [0.1, 0.15) is 12.8 Å². The van der Waals surface area contributed by atoms with Crippen LogP contribution in [0, 0.1) is 5.92 Å². The number of hydrogen-bond donors (Lipinski definition) is 1. The molecule has 7 heteroatoms. The molecule has 108 valence electrons. The monoisotopic (exact) mass is 273 g/mol. The third-order valence-corrected chi connectivity index (χ3v) is 3.12. The van der Waals surface area contributed by atoms with Crippen LogP contribution in [0.2, 0.25) is 0 Å². The molecule has 0 aromatic rings. The second-order valence-electron chi connectivity index (χ2n) is 4.42. The summed E-state index contributed by atoms with van der Waals surface area (Å²) in [7, 11) is 1.70. The molecule has 0 radical (unpaired) electrons. The Morgan fingerprint density at radius 2 is 1.94 bits per heavy atom. The first kappa shape index (κ1) is 15.7. The quantitative estimate of drug-likeness (QED) is 0.719. The van der Waals surface area contributed by atoms with Crippen LogP contribution in [0.3, 0.4) is 0 Å². The van der Waals surface area contributed by atoms with Gasteiger partial charge in [0.05, 0.1) is 6.61 Å². The van der Waals surface area contributed by atoms with Crippen molar-refractivity contribution in [2.75, 3.05) is 33.5 Å². The lowest BCUT2D eigenvalue weighted by Gasteiger charge is -2.30. The predicted molar refractivity (Wildman–Crippen MR) is 58.2 cm³/mol. The van der Waals surface area contributed by atoms with E-state index in [1.54, 1.807) is 7.05 Å². The van der Waals surface area contributed by atoms with Crippen molar-refractivity contribution < 1.29 is 27.0 Å². The fourth-order valence-corrected chi connectivity index (χ4v) is 1.96. The molecule has 1 aliphatic heterocycles. The van der Waals surface area contributed by atoms with E-state index in [-0.39, 0.29) is 18.6 Å². The van der Waals surface area contributed by atoms with Gasteiger partial charge in [-0.1, -0.05) is 0 Å². The Hall–Kier alpha value is -0.400. The van der Waals surface area contributed by atoms with Crippen LogP contribution in [-0.4, -0.2) is 51.9 Å². The van der Waals surface area contributed by atoms with Crippen molar-refractivity contribution >= 4 is 0 Å². The van der Waals surface area contributed by atoms with E-state index in [2.05, 4.69) is 5.32 Å². The number of alkyl halides is 4. The van der Waals surface area contributed by atoms with Gasteiger partial charge in [0, 0.05) is 19.3 Å². The van der Waals surface area contributed by atoms with Crippen LogP contribution in [-0.2, 0) is 9.47 Å². The Bertz CT molecular complexity index is 235. The molecule has 1 fully saturated rings. The molecule has 0 aliphatic carbocycles. The fraction of sp³-hybridized carbons (Fsp3) is 1.00. The average Bonchev–Trinajstić information content (AvgIpc) is 2.35. The van der Waals surface area contributed by atoms with Crippen LogP contribution in [0.5, 0.6) is 0 Å². The summed E-state index contributed by atoms with van der Waals surface area (Å²) in [6.45, 7) is 0.0294. The Balaban J connectivity index is 2.31. The third kappa shape index (κ3) is 4.70. The summed E-state index contributed by atoms with van der Waals surface area (Å²) in [6, 6.07) is -0.109. The van der Waals surface area contributed by atoms with Crippen molar-refractivity contribution in [3.05, 3.63) is 0 Å². The summed E-state index contributed by atoms with van der Waals surface area (Å²) >= 11 is 0. The molecule has 18 heavy (non-hydrogen) atoms. The fourth-order valence-electron chi connectivity index (χ4n) is 1.96. The predicted octanol–water partition coefficient (Wildman–Crippen LogP) is 1.92. The highest BCUT2D eigenvalue weighted by Gasteiger charge is 2.41. The van der Waals surface area contributed by atoms with Gasteiger partial charge in [0.25, 0.3) is 0 Å². The summed E-state index contributed by atoms with van der Waals surface area (Å²) < 4.78 is 59.0. The number of likely N-dealkylation sites (N-methyl/N-ethyl adjacent to an activating group) is 1. The molecule has 1 saturated heterocycles. The number of nitrogens with one attached hydrogen (secondary N) is 1. The van der Waals surface area contributed by atoms with Gasteiger partial charge in [-0.15, -0.1) is 0 Å². The minimum absolute atomic E-state index is 0.00345. The molecule has 1 aliphatic rings. The van der Waals surface area contributed by atoms with Gasteiger partial charge in [0.15, 0.2) is 0 Å². The first-order valence-corrected chi connectivity index (χ1v) is 5.96. The van der Waals surface area contributed by atoms with E-state index in [1.807, 2.05) is 0 Å². The molecule has 0 saturated carbocycles. The molecule has 1 rings (SSSR count). The van der Waals surface area contributed by atoms with Crippen molar-refractivity contribution in [3.8, 4) is 0 Å². The lowest BCUT2D eigenvalue weighted by molar-refractivity contribution is -0.168. The maximum absolute atomic E-state index is 12.6. The van der Waals surface area contributed by atoms with Crippen molar-refractivity contribution in [1.82, 2.24) is 5.32 Å². The molecule has 0 aromatic carbocycles. The molecule has 0 aromatic heterocycles. The van der Waals surface area contributed by atoms with Gasteiger partial charge >= 0.3 is 12.3 Å². The lowest BCUT2D eigenvalue weighted by atomic mass is 9.92. The van der Waals surface area contributed by atoms with E-state index in [1.165, 1.54) is 0 Å². The normalized spacial score (nSPS) is 20.3. The smallest absolute Gasteiger partial charge is 0.330 e. The summed E-state index contributed by atoms with van der Waals surface area (Å²) in [4.78, 5) is 0. The molecule has 1 unspecified atom stereocenters. The molecular weight excluding hydrogens is 254 g/mol. The summed E-state index contributed by atoms with van der Waals surface area (Å²) in [5, 5.41) is 2.97. The van der Waals surface area contributed by atoms with E-state index in [9.17, 15) is 17.6 Å². The molecule has 0 bridgehead atoms. The number of halogens is 4. The van der Waals surface area contributed by atoms with Crippen LogP contribution >= 0.6 is 0 Å². The summed E-state index contributed by atoms with van der Waals surface area (Å²) in [6.07, 6.45) is -2.05. The Morgan fingerprint density at radius 1 is 1.33 bits per heavy atom. The van der Waals surface area contributed by atoms with E-state index in [0.717, 1.165) is 12.8 Å². The van der Waals surface area contributed by atoms with Crippen LogP contribution in [0.15, 0.2) is 0 Å². The van der Waals surface area contributed by atoms with Gasteiger partial charge in [-0.2, -0.15) is 8.78 Å². The molecular formula is C11H19F4NO2. The second kappa shape index (κ2) is 7.25. The zero-order chi connectivity index (χ0) is 13.6. The number of rotatable bonds is 7. The van der Waals surface area contributed by atoms with Crippen LogP contribution in [0.25, 0.3) is 0 Å². The molecule has 3 nitrogen and oxygen atoms in total. The zero-order valence-corrected chi connectivity index (χ0v) is 10.3. The van der Waals surface area contributed by atoms with Crippen molar-refractivity contribution in [2.45, 2.75) is 31.2 Å². The second-order valence-corrected chi connectivity index (χ2v) is 4.42. The van der Waals surface area contributed by atoms with Crippen LogP contribution < -0.4 is 5.32 Å². The third-order valence-electron chi connectivity index (χ3n) is 3.12. The minimum Gasteiger partial charge on any atom is -0.381 e. The molecule has 0 spiro atoms. The van der Waals surface area contributed by atoms with Gasteiger partial charge in [0.1, 0.15) is 6.61 Å². The highest BCUT2D eigenvalue weighted by atomic mass is 19.3. The average molecular weight is 273 g/mol. The standard InChI is InChI=1S/C11H19F4NO2/c1-16-9(8-2-4-17-5-3-8)6-18-7-11(14,15)10(12)13/h8-10,16H,2-7H2,1H3. The van der Waals surface area contributed by atoms with Gasteiger partial charge in [0.2, 0.25) is 0 Å². The Labute approximate surface area is 104 Å². The van der Waals surface area contributed by atoms with Gasteiger partial charge < -0.3 is 14.8 Å². The SMILES string of the molecule is CNC(COCC(F)(F)C(F)F)C1CCOCC1. The summed E-state index contributed by atoms with van der Waals surface area (Å²) in [5.41, 5.74) is 0. The van der Waals surface area contributed by atoms with Gasteiger partial charge in [-0.3, -0.25) is 0 Å².